The highest BCUT2D eigenvalue weighted by molar-refractivity contribution is 6.11. The molecule has 3 fully saturated rings. The minimum Gasteiger partial charge on any atom is -0.356 e. The zero-order chi connectivity index (χ0) is 25.1. The highest BCUT2D eigenvalue weighted by atomic mass is 19.1. The van der Waals surface area contributed by atoms with Crippen LogP contribution in [0.1, 0.15) is 32.6 Å². The Morgan fingerprint density at radius 2 is 1.69 bits per heavy atom. The van der Waals surface area contributed by atoms with Crippen LogP contribution in [0.3, 0.4) is 0 Å². The van der Waals surface area contributed by atoms with Gasteiger partial charge in [-0.15, -0.1) is 0 Å². The van der Waals surface area contributed by atoms with Gasteiger partial charge in [0.25, 0.3) is 0 Å². The van der Waals surface area contributed by atoms with Gasteiger partial charge in [0.1, 0.15) is 17.5 Å². The van der Waals surface area contributed by atoms with Crippen molar-refractivity contribution in [2.24, 2.45) is 11.8 Å². The fourth-order valence-electron chi connectivity index (χ4n) is 6.53. The van der Waals surface area contributed by atoms with E-state index in [-0.39, 0.29) is 23.5 Å². The highest BCUT2D eigenvalue weighted by Crippen LogP contribution is 2.60. The maximum Gasteiger partial charge on any atom is 0.246 e. The second kappa shape index (κ2) is 8.27. The third kappa shape index (κ3) is 3.31. The van der Waals surface area contributed by atoms with Gasteiger partial charge < -0.3 is 15.4 Å². The predicted molar refractivity (Wildman–Crippen MR) is 131 cm³/mol. The fourth-order valence-corrected chi connectivity index (χ4v) is 6.53. The van der Waals surface area contributed by atoms with E-state index in [4.69, 9.17) is 4.74 Å². The minimum atomic E-state index is -1.38. The summed E-state index contributed by atoms with van der Waals surface area (Å²) in [5.74, 6) is -3.74. The molecule has 3 aliphatic heterocycles. The Morgan fingerprint density at radius 1 is 1.00 bits per heavy atom. The van der Waals surface area contributed by atoms with Crippen LogP contribution < -0.4 is 15.5 Å². The zero-order valence-electron chi connectivity index (χ0n) is 19.9. The number of para-hydroxylation sites is 2. The maximum absolute atomic E-state index is 15.0. The molecule has 36 heavy (non-hydrogen) atoms. The Balaban J connectivity index is 1.42. The summed E-state index contributed by atoms with van der Waals surface area (Å²) in [6.45, 7) is 1.76. The van der Waals surface area contributed by atoms with Gasteiger partial charge >= 0.3 is 0 Å². The summed E-state index contributed by atoms with van der Waals surface area (Å²) in [5, 5.41) is 5.97. The lowest BCUT2D eigenvalue weighted by Gasteiger charge is -2.33. The zero-order valence-corrected chi connectivity index (χ0v) is 19.9. The standard InChI is InChI=1S/C28H28FN3O4/c1-27-15-16-28(36-27)22(21(27)24(33)30-17-9-3-2-4-10-17)26(35)32(20-14-8-7-13-19(20)29)23(28)25(34)31-18-11-5-6-12-18/h2-4,7-10,13-16,18,21-23H,5-6,11-12H2,1H3,(H,30,33)(H,31,34)/t21-,22-,23-,27+,28-/m0/s1. The number of hydrogen-bond donors (Lipinski definition) is 2. The smallest absolute Gasteiger partial charge is 0.246 e. The normalized spacial score (nSPS) is 32.7. The van der Waals surface area contributed by atoms with Crippen molar-refractivity contribution in [3.63, 3.8) is 0 Å². The van der Waals surface area contributed by atoms with Crippen LogP contribution in [0.4, 0.5) is 15.8 Å². The Kier molecular flexibility index (Phi) is 5.26. The molecule has 7 nitrogen and oxygen atoms in total. The number of carbonyl (C=O) groups is 3. The molecule has 2 saturated heterocycles. The number of nitrogens with zero attached hydrogens (tertiary/aromatic N) is 1. The van der Waals surface area contributed by atoms with E-state index >= 15 is 4.39 Å². The van der Waals surface area contributed by atoms with Crippen molar-refractivity contribution in [2.45, 2.75) is 55.9 Å². The molecule has 5 atom stereocenters. The summed E-state index contributed by atoms with van der Waals surface area (Å²) in [6, 6.07) is 13.7. The van der Waals surface area contributed by atoms with Gasteiger partial charge in [0.15, 0.2) is 0 Å². The number of carbonyl (C=O) groups excluding carboxylic acids is 3. The van der Waals surface area contributed by atoms with Gasteiger partial charge in [0, 0.05) is 11.7 Å². The van der Waals surface area contributed by atoms with E-state index in [0.717, 1.165) is 25.7 Å². The third-order valence-corrected chi connectivity index (χ3v) is 8.08. The lowest BCUT2D eigenvalue weighted by Crippen LogP contribution is -2.56. The van der Waals surface area contributed by atoms with Crippen LogP contribution in [0.25, 0.3) is 0 Å². The van der Waals surface area contributed by atoms with E-state index in [2.05, 4.69) is 10.6 Å². The summed E-state index contributed by atoms with van der Waals surface area (Å²) in [6.07, 6.45) is 7.28. The highest BCUT2D eigenvalue weighted by Gasteiger charge is 2.76. The molecule has 0 unspecified atom stereocenters. The van der Waals surface area contributed by atoms with Crippen LogP contribution in [-0.2, 0) is 19.1 Å². The Morgan fingerprint density at radius 3 is 2.42 bits per heavy atom. The molecular weight excluding hydrogens is 461 g/mol. The van der Waals surface area contributed by atoms with Crippen molar-refractivity contribution in [1.82, 2.24) is 5.32 Å². The van der Waals surface area contributed by atoms with Gasteiger partial charge in [0.2, 0.25) is 17.7 Å². The van der Waals surface area contributed by atoms with Crippen LogP contribution >= 0.6 is 0 Å². The molecule has 3 amide bonds. The molecule has 2 N–H and O–H groups in total. The van der Waals surface area contributed by atoms with Gasteiger partial charge in [-0.1, -0.05) is 55.3 Å². The van der Waals surface area contributed by atoms with Crippen molar-refractivity contribution in [3.8, 4) is 0 Å². The summed E-state index contributed by atoms with van der Waals surface area (Å²) in [5.41, 5.74) is -1.86. The molecule has 0 aromatic heterocycles. The average molecular weight is 490 g/mol. The van der Waals surface area contributed by atoms with Gasteiger partial charge in [-0.25, -0.2) is 4.39 Å². The second-order valence-corrected chi connectivity index (χ2v) is 10.3. The van der Waals surface area contributed by atoms with Crippen LogP contribution in [-0.4, -0.2) is 41.0 Å². The molecule has 186 valence electrons. The molecule has 4 aliphatic rings. The molecule has 2 aromatic carbocycles. The first-order chi connectivity index (χ1) is 17.3. The van der Waals surface area contributed by atoms with E-state index < -0.39 is 40.8 Å². The van der Waals surface area contributed by atoms with Crippen LogP contribution in [0.15, 0.2) is 66.7 Å². The van der Waals surface area contributed by atoms with Gasteiger partial charge in [-0.3, -0.25) is 19.3 Å². The quantitative estimate of drug-likeness (QED) is 0.629. The number of nitrogens with one attached hydrogen (secondary N) is 2. The SMILES string of the molecule is C[C@]12C=C[C@]3(O1)[C@H](C(=O)N(c1ccccc1F)[C@H]3C(=O)NC1CCCC1)[C@H]2C(=O)Nc1ccccc1. The fraction of sp³-hybridized carbons (Fsp3) is 0.393. The molecule has 1 spiro atoms. The minimum absolute atomic E-state index is 0.000804. The summed E-state index contributed by atoms with van der Waals surface area (Å²) >= 11 is 0. The van der Waals surface area contributed by atoms with Crippen LogP contribution in [0.5, 0.6) is 0 Å². The number of hydrogen-bond acceptors (Lipinski definition) is 4. The van der Waals surface area contributed by atoms with Crippen LogP contribution in [0, 0.1) is 17.7 Å². The van der Waals surface area contributed by atoms with Crippen molar-refractivity contribution in [1.29, 1.82) is 0 Å². The number of benzene rings is 2. The predicted octanol–water partition coefficient (Wildman–Crippen LogP) is 3.57. The Hall–Kier alpha value is -3.52. The van der Waals surface area contributed by atoms with Gasteiger partial charge in [-0.05, 0) is 44.0 Å². The largest absolute Gasteiger partial charge is 0.356 e. The molecule has 0 radical (unpaired) electrons. The average Bonchev–Trinajstić information content (AvgIpc) is 3.60. The van der Waals surface area contributed by atoms with E-state index in [0.29, 0.717) is 5.69 Å². The van der Waals surface area contributed by atoms with Crippen molar-refractivity contribution < 1.29 is 23.5 Å². The van der Waals surface area contributed by atoms with Gasteiger partial charge in [-0.2, -0.15) is 0 Å². The molecular formula is C28H28FN3O4. The molecule has 2 bridgehead atoms. The second-order valence-electron chi connectivity index (χ2n) is 10.3. The number of fused-ring (bicyclic) bond motifs is 1. The van der Waals surface area contributed by atoms with E-state index in [1.807, 2.05) is 6.07 Å². The lowest BCUT2D eigenvalue weighted by atomic mass is 9.70. The first-order valence-corrected chi connectivity index (χ1v) is 12.5. The van der Waals surface area contributed by atoms with E-state index in [1.54, 1.807) is 49.4 Å². The van der Waals surface area contributed by atoms with E-state index in [1.165, 1.54) is 23.1 Å². The Bertz CT molecular complexity index is 1260. The van der Waals surface area contributed by atoms with Crippen molar-refractivity contribution >= 4 is 29.1 Å². The summed E-state index contributed by atoms with van der Waals surface area (Å²) in [7, 11) is 0. The number of halogens is 1. The summed E-state index contributed by atoms with van der Waals surface area (Å²) in [4.78, 5) is 42.7. The summed E-state index contributed by atoms with van der Waals surface area (Å²) < 4.78 is 21.5. The number of anilines is 2. The molecule has 1 saturated carbocycles. The van der Waals surface area contributed by atoms with E-state index in [9.17, 15) is 14.4 Å². The lowest BCUT2D eigenvalue weighted by molar-refractivity contribution is -0.131. The molecule has 6 rings (SSSR count). The van der Waals surface area contributed by atoms with Gasteiger partial charge in [0.05, 0.1) is 23.1 Å². The maximum atomic E-state index is 15.0. The number of ether oxygens (including phenoxy) is 1. The molecule has 1 aliphatic carbocycles. The van der Waals surface area contributed by atoms with Crippen molar-refractivity contribution in [2.75, 3.05) is 10.2 Å². The molecule has 3 heterocycles. The molecule has 2 aromatic rings. The third-order valence-electron chi connectivity index (χ3n) is 8.08. The monoisotopic (exact) mass is 489 g/mol. The number of rotatable bonds is 5. The van der Waals surface area contributed by atoms with Crippen LogP contribution in [0.2, 0.25) is 0 Å². The topological polar surface area (TPSA) is 87.7 Å². The first kappa shape index (κ1) is 22.9. The Labute approximate surface area is 208 Å². The molecule has 8 heteroatoms. The number of amides is 3. The first-order valence-electron chi connectivity index (χ1n) is 12.5. The van der Waals surface area contributed by atoms with Crippen molar-refractivity contribution in [3.05, 3.63) is 72.6 Å².